The molecule has 1 aromatic heterocycles. The third-order valence-electron chi connectivity index (χ3n) is 4.56. The first kappa shape index (κ1) is 21.8. The molecule has 0 saturated carbocycles. The molecule has 8 nitrogen and oxygen atoms in total. The lowest BCUT2D eigenvalue weighted by atomic mass is 10.1. The second kappa shape index (κ2) is 9.71. The number of fused-ring (bicyclic) bond motifs is 1. The minimum Gasteiger partial charge on any atom is -0.856 e. The van der Waals surface area contributed by atoms with Gasteiger partial charge in [0.25, 0.3) is 0 Å². The molecule has 2 aromatic carbocycles. The Morgan fingerprint density at radius 1 is 1.13 bits per heavy atom. The standard InChI is InChI=1S/C23H23N3O5/c1-3-31-21(29)14-26(22-18-6-4-5-7-19(18)25-23(22)30)13-12-20(28)16-8-10-17(11-9-16)24-15(2)27/h4-11,13,25H,3,12,14H2,1-2H3,(H-,24,27,28,30). The van der Waals surface area contributed by atoms with Crippen LogP contribution in [-0.2, 0) is 14.3 Å². The number of esters is 1. The highest BCUT2D eigenvalue weighted by Gasteiger charge is 2.22. The van der Waals surface area contributed by atoms with Crippen molar-refractivity contribution in [2.75, 3.05) is 18.5 Å². The molecule has 1 amide bonds. The second-order valence-electron chi connectivity index (χ2n) is 6.85. The fraction of sp³-hybridized carbons (Fsp3) is 0.217. The lowest BCUT2D eigenvalue weighted by molar-refractivity contribution is -0.435. The highest BCUT2D eigenvalue weighted by atomic mass is 16.5. The molecule has 3 rings (SSSR count). The highest BCUT2D eigenvalue weighted by Crippen LogP contribution is 2.32. The van der Waals surface area contributed by atoms with E-state index in [0.29, 0.717) is 22.2 Å². The van der Waals surface area contributed by atoms with E-state index in [2.05, 4.69) is 10.3 Å². The number of anilines is 1. The molecule has 0 spiro atoms. The van der Waals surface area contributed by atoms with Gasteiger partial charge in [-0.1, -0.05) is 12.1 Å². The van der Waals surface area contributed by atoms with Crippen molar-refractivity contribution >= 4 is 46.2 Å². The number of ether oxygens (including phenoxy) is 1. The number of rotatable bonds is 8. The maximum Gasteiger partial charge on any atom is 0.372 e. The average molecular weight is 421 g/mol. The Morgan fingerprint density at radius 2 is 1.84 bits per heavy atom. The van der Waals surface area contributed by atoms with Crippen molar-refractivity contribution in [1.82, 2.24) is 4.98 Å². The lowest BCUT2D eigenvalue weighted by Crippen LogP contribution is -2.22. The van der Waals surface area contributed by atoms with Gasteiger partial charge in [-0.25, -0.2) is 4.79 Å². The van der Waals surface area contributed by atoms with Gasteiger partial charge in [0, 0.05) is 24.1 Å². The summed E-state index contributed by atoms with van der Waals surface area (Å²) in [7, 11) is 0. The Bertz CT molecular complexity index is 1150. The van der Waals surface area contributed by atoms with E-state index in [1.807, 2.05) is 0 Å². The zero-order valence-corrected chi connectivity index (χ0v) is 17.3. The van der Waals surface area contributed by atoms with Crippen LogP contribution in [0.2, 0.25) is 0 Å². The number of hydrogen-bond donors (Lipinski definition) is 2. The van der Waals surface area contributed by atoms with E-state index in [0.717, 1.165) is 0 Å². The van der Waals surface area contributed by atoms with Gasteiger partial charge in [-0.15, -0.1) is 0 Å². The molecule has 160 valence electrons. The number of aromatic amines is 1. The molecule has 0 aliphatic rings. The first-order valence-corrected chi connectivity index (χ1v) is 9.83. The van der Waals surface area contributed by atoms with Crippen molar-refractivity contribution in [1.29, 1.82) is 0 Å². The summed E-state index contributed by atoms with van der Waals surface area (Å²) in [6, 6.07) is 13.6. The number of benzene rings is 2. The number of hydrogen-bond acceptors (Lipinski definition) is 5. The summed E-state index contributed by atoms with van der Waals surface area (Å²) >= 11 is 0. The van der Waals surface area contributed by atoms with Crippen LogP contribution < -0.4 is 10.4 Å². The van der Waals surface area contributed by atoms with Gasteiger partial charge in [0.05, 0.1) is 23.9 Å². The molecule has 0 aliphatic heterocycles. The minimum atomic E-state index is -0.504. The number of aromatic nitrogens is 1. The third-order valence-corrected chi connectivity index (χ3v) is 4.56. The van der Waals surface area contributed by atoms with Crippen LogP contribution in [0.4, 0.5) is 11.4 Å². The van der Waals surface area contributed by atoms with Crippen LogP contribution >= 0.6 is 0 Å². The van der Waals surface area contributed by atoms with Crippen LogP contribution in [-0.4, -0.2) is 46.6 Å². The molecule has 31 heavy (non-hydrogen) atoms. The summed E-state index contributed by atoms with van der Waals surface area (Å²) in [5, 5.41) is 15.9. The molecule has 0 radical (unpaired) electrons. The molecule has 0 unspecified atom stereocenters. The van der Waals surface area contributed by atoms with E-state index in [1.54, 1.807) is 55.5 Å². The normalized spacial score (nSPS) is 11.4. The Balaban J connectivity index is 1.88. The monoisotopic (exact) mass is 421 g/mol. The predicted molar refractivity (Wildman–Crippen MR) is 115 cm³/mol. The second-order valence-corrected chi connectivity index (χ2v) is 6.85. The summed E-state index contributed by atoms with van der Waals surface area (Å²) in [6.07, 6.45) is 1.50. The molecule has 2 N–H and O–H groups in total. The number of nitrogens with zero attached hydrogens (tertiary/aromatic N) is 1. The predicted octanol–water partition coefficient (Wildman–Crippen LogP) is 2.75. The fourth-order valence-corrected chi connectivity index (χ4v) is 3.22. The molecular formula is C23H23N3O5. The van der Waals surface area contributed by atoms with Crippen LogP contribution in [0.25, 0.3) is 10.9 Å². The van der Waals surface area contributed by atoms with Gasteiger partial charge in [0.2, 0.25) is 18.1 Å². The van der Waals surface area contributed by atoms with E-state index >= 15 is 0 Å². The molecule has 0 fully saturated rings. The molecule has 0 atom stereocenters. The Labute approximate surface area is 179 Å². The first-order chi connectivity index (χ1) is 14.9. The number of amides is 1. The van der Waals surface area contributed by atoms with Crippen molar-refractivity contribution in [3.05, 3.63) is 54.1 Å². The van der Waals surface area contributed by atoms with E-state index in [-0.39, 0.29) is 42.8 Å². The van der Waals surface area contributed by atoms with Crippen LogP contribution in [0.15, 0.2) is 48.5 Å². The number of carbonyl (C=O) groups excluding carboxylic acids is 3. The van der Waals surface area contributed by atoms with Gasteiger partial charge in [0.15, 0.2) is 12.0 Å². The maximum absolute atomic E-state index is 12.7. The van der Waals surface area contributed by atoms with Crippen LogP contribution in [0.1, 0.15) is 30.6 Å². The van der Waals surface area contributed by atoms with Crippen LogP contribution in [0, 0.1) is 0 Å². The molecule has 8 heteroatoms. The van der Waals surface area contributed by atoms with Gasteiger partial charge >= 0.3 is 5.97 Å². The van der Waals surface area contributed by atoms with E-state index < -0.39 is 5.97 Å². The number of para-hydroxylation sites is 1. The number of ketones is 1. The maximum atomic E-state index is 12.7. The highest BCUT2D eigenvalue weighted by molar-refractivity contribution is 6.04. The summed E-state index contributed by atoms with van der Waals surface area (Å²) in [6.45, 7) is 3.12. The molecule has 0 saturated heterocycles. The SMILES string of the molecule is CCOC(=O)C[N+](=CCC(=O)c1ccc(NC(C)=O)cc1)c1c([O-])[nH]c2ccccc12. The van der Waals surface area contributed by atoms with Gasteiger partial charge in [-0.2, -0.15) is 4.58 Å². The third kappa shape index (κ3) is 5.36. The number of Topliss-reactive ketones (excluding diaryl/α,β-unsaturated/α-hetero) is 1. The zero-order chi connectivity index (χ0) is 22.4. The molecule has 3 aromatic rings. The molecule has 1 heterocycles. The topological polar surface area (TPSA) is 114 Å². The fourth-order valence-electron chi connectivity index (χ4n) is 3.22. The number of carbonyl (C=O) groups is 3. The van der Waals surface area contributed by atoms with Crippen molar-refractivity contribution in [3.63, 3.8) is 0 Å². The summed E-state index contributed by atoms with van der Waals surface area (Å²) in [4.78, 5) is 38.7. The van der Waals surface area contributed by atoms with Crippen molar-refractivity contribution in [3.8, 4) is 5.88 Å². The van der Waals surface area contributed by atoms with E-state index in [4.69, 9.17) is 4.74 Å². The first-order valence-electron chi connectivity index (χ1n) is 9.83. The van der Waals surface area contributed by atoms with E-state index in [1.165, 1.54) is 17.7 Å². The quantitative estimate of drug-likeness (QED) is 0.251. The lowest BCUT2D eigenvalue weighted by Gasteiger charge is -2.07. The van der Waals surface area contributed by atoms with Crippen molar-refractivity contribution < 1.29 is 28.8 Å². The number of H-pyrrole nitrogens is 1. The van der Waals surface area contributed by atoms with Crippen LogP contribution in [0.5, 0.6) is 5.88 Å². The van der Waals surface area contributed by atoms with Gasteiger partial charge in [-0.05, 0) is 43.3 Å². The average Bonchev–Trinajstić information content (AvgIpc) is 3.07. The van der Waals surface area contributed by atoms with E-state index in [9.17, 15) is 19.5 Å². The molecule has 0 bridgehead atoms. The Hall–Kier alpha value is -3.94. The van der Waals surface area contributed by atoms with Gasteiger partial charge in [-0.3, -0.25) is 9.59 Å². The van der Waals surface area contributed by atoms with Crippen molar-refractivity contribution in [2.24, 2.45) is 0 Å². The van der Waals surface area contributed by atoms with Gasteiger partial charge < -0.3 is 20.1 Å². The zero-order valence-electron chi connectivity index (χ0n) is 17.3. The Morgan fingerprint density at radius 3 is 2.52 bits per heavy atom. The van der Waals surface area contributed by atoms with Gasteiger partial charge in [0.1, 0.15) is 0 Å². The Kier molecular flexibility index (Phi) is 6.81. The summed E-state index contributed by atoms with van der Waals surface area (Å²) in [5.74, 6) is -1.26. The smallest absolute Gasteiger partial charge is 0.372 e. The van der Waals surface area contributed by atoms with Crippen molar-refractivity contribution in [2.45, 2.75) is 20.3 Å². The largest absolute Gasteiger partial charge is 0.856 e. The number of nitrogens with one attached hydrogen (secondary N) is 2. The molecular weight excluding hydrogens is 398 g/mol. The minimum absolute atomic E-state index is 0.0299. The summed E-state index contributed by atoms with van der Waals surface area (Å²) < 4.78 is 6.49. The van der Waals surface area contributed by atoms with Crippen LogP contribution in [0.3, 0.4) is 0 Å². The summed E-state index contributed by atoms with van der Waals surface area (Å²) in [5.41, 5.74) is 1.97. The molecule has 0 aliphatic carbocycles.